The first-order chi connectivity index (χ1) is 12.4. The predicted octanol–water partition coefficient (Wildman–Crippen LogP) is 1.90. The van der Waals surface area contributed by atoms with Gasteiger partial charge in [0.15, 0.2) is 6.10 Å². The van der Waals surface area contributed by atoms with E-state index in [0.29, 0.717) is 23.3 Å². The number of aliphatic hydroxyl groups is 1. The molecule has 0 saturated heterocycles. The van der Waals surface area contributed by atoms with Crippen molar-refractivity contribution in [2.45, 2.75) is 31.7 Å². The fourth-order valence-corrected chi connectivity index (χ4v) is 3.25. The van der Waals surface area contributed by atoms with Gasteiger partial charge in [-0.3, -0.25) is 10.7 Å². The maximum Gasteiger partial charge on any atom is 0.344 e. The number of nitrogens with two attached hydrogens (primary N) is 1. The molecular weight excluding hydrogens is 334 g/mol. The summed E-state index contributed by atoms with van der Waals surface area (Å²) >= 11 is 0. The fourth-order valence-electron chi connectivity index (χ4n) is 3.25. The van der Waals surface area contributed by atoms with Crippen LogP contribution in [0.15, 0.2) is 42.5 Å². The third kappa shape index (κ3) is 3.14. The zero-order valence-electron chi connectivity index (χ0n) is 14.3. The molecule has 1 heterocycles. The van der Waals surface area contributed by atoms with Crippen LogP contribution < -0.4 is 15.8 Å². The minimum atomic E-state index is -1.05. The van der Waals surface area contributed by atoms with Gasteiger partial charge in [-0.25, -0.2) is 4.79 Å². The van der Waals surface area contributed by atoms with E-state index in [1.54, 1.807) is 31.2 Å². The molecule has 3 rings (SSSR count). The lowest BCUT2D eigenvalue weighted by Crippen LogP contribution is -2.26. The maximum atomic E-state index is 11.3. The summed E-state index contributed by atoms with van der Waals surface area (Å²) in [4.78, 5) is 11.3. The highest BCUT2D eigenvalue weighted by Crippen LogP contribution is 2.42. The van der Waals surface area contributed by atoms with Crippen molar-refractivity contribution in [1.82, 2.24) is 5.32 Å². The molecule has 3 atom stereocenters. The number of carbonyl (C=O) groups is 1. The van der Waals surface area contributed by atoms with Gasteiger partial charge in [0.1, 0.15) is 17.8 Å². The standard InChI is InChI=1S/C19H21N3O4/c1-2-13(19(24)25)26-14-9-5-8-12-15(14)18(23)22-16(12)10-6-3-4-7-11(10)17(20)21/h3-9,13,16,18,22-23H,2H2,1H3,(H3,20,21)(H,24,25). The van der Waals surface area contributed by atoms with Crippen LogP contribution in [0, 0.1) is 5.41 Å². The van der Waals surface area contributed by atoms with Crippen LogP contribution in [0.2, 0.25) is 0 Å². The van der Waals surface area contributed by atoms with Crippen LogP contribution in [0.1, 0.15) is 47.9 Å². The van der Waals surface area contributed by atoms with Crippen molar-refractivity contribution in [2.75, 3.05) is 0 Å². The number of hydrogen-bond donors (Lipinski definition) is 5. The molecule has 136 valence electrons. The Morgan fingerprint density at radius 1 is 1.27 bits per heavy atom. The zero-order valence-corrected chi connectivity index (χ0v) is 14.3. The van der Waals surface area contributed by atoms with E-state index in [4.69, 9.17) is 15.9 Å². The molecule has 1 aliphatic rings. The van der Waals surface area contributed by atoms with Crippen molar-refractivity contribution >= 4 is 11.8 Å². The Bertz CT molecular complexity index is 852. The van der Waals surface area contributed by atoms with Gasteiger partial charge in [-0.05, 0) is 23.6 Å². The van der Waals surface area contributed by atoms with Crippen LogP contribution in [0.3, 0.4) is 0 Å². The second-order valence-corrected chi connectivity index (χ2v) is 6.12. The van der Waals surface area contributed by atoms with Crippen molar-refractivity contribution in [1.29, 1.82) is 5.41 Å². The van der Waals surface area contributed by atoms with E-state index >= 15 is 0 Å². The lowest BCUT2D eigenvalue weighted by molar-refractivity contribution is -0.145. The van der Waals surface area contributed by atoms with Crippen molar-refractivity contribution in [3.63, 3.8) is 0 Å². The first kappa shape index (κ1) is 17.9. The van der Waals surface area contributed by atoms with Crippen LogP contribution in [0.5, 0.6) is 5.75 Å². The largest absolute Gasteiger partial charge is 0.479 e. The van der Waals surface area contributed by atoms with Crippen molar-refractivity contribution < 1.29 is 19.7 Å². The smallest absolute Gasteiger partial charge is 0.344 e. The SMILES string of the molecule is CCC(Oc1cccc2c1C(O)NC2c1ccccc1C(=N)N)C(=O)O. The van der Waals surface area contributed by atoms with E-state index in [2.05, 4.69) is 5.32 Å². The van der Waals surface area contributed by atoms with Crippen LogP contribution in [-0.4, -0.2) is 28.1 Å². The maximum absolute atomic E-state index is 11.3. The Balaban J connectivity index is 2.04. The number of nitrogens with one attached hydrogen (secondary N) is 2. The molecule has 0 fully saturated rings. The normalized spacial score (nSPS) is 19.6. The number of amidine groups is 1. The van der Waals surface area contributed by atoms with Gasteiger partial charge in [0.25, 0.3) is 0 Å². The molecule has 0 bridgehead atoms. The minimum Gasteiger partial charge on any atom is -0.479 e. The lowest BCUT2D eigenvalue weighted by Gasteiger charge is -2.18. The monoisotopic (exact) mass is 355 g/mol. The van der Waals surface area contributed by atoms with Gasteiger partial charge in [-0.15, -0.1) is 0 Å². The Hall–Kier alpha value is -2.90. The van der Waals surface area contributed by atoms with Gasteiger partial charge in [-0.2, -0.15) is 0 Å². The van der Waals surface area contributed by atoms with E-state index in [1.165, 1.54) is 0 Å². The fraction of sp³-hybridized carbons (Fsp3) is 0.263. The topological polar surface area (TPSA) is 129 Å². The molecule has 0 aliphatic carbocycles. The second kappa shape index (κ2) is 7.15. The van der Waals surface area contributed by atoms with Gasteiger partial charge < -0.3 is 20.7 Å². The lowest BCUT2D eigenvalue weighted by atomic mass is 9.94. The molecule has 0 radical (unpaired) electrons. The summed E-state index contributed by atoms with van der Waals surface area (Å²) in [6, 6.07) is 12.1. The molecule has 0 saturated carbocycles. The average Bonchev–Trinajstić information content (AvgIpc) is 2.97. The number of aliphatic hydroxyl groups excluding tert-OH is 1. The Morgan fingerprint density at radius 2 is 1.96 bits per heavy atom. The molecule has 3 unspecified atom stereocenters. The predicted molar refractivity (Wildman–Crippen MR) is 96.2 cm³/mol. The van der Waals surface area contributed by atoms with Crippen molar-refractivity contribution in [3.05, 3.63) is 64.7 Å². The number of benzene rings is 2. The number of carboxylic acids is 1. The summed E-state index contributed by atoms with van der Waals surface area (Å²) < 4.78 is 5.63. The third-order valence-electron chi connectivity index (χ3n) is 4.49. The highest BCUT2D eigenvalue weighted by molar-refractivity contribution is 5.96. The summed E-state index contributed by atoms with van der Waals surface area (Å²) in [6.45, 7) is 1.72. The quantitative estimate of drug-likeness (QED) is 0.398. The van der Waals surface area contributed by atoms with Gasteiger partial charge in [-0.1, -0.05) is 43.3 Å². The number of nitrogen functional groups attached to an aromatic ring is 1. The average molecular weight is 355 g/mol. The first-order valence-corrected chi connectivity index (χ1v) is 8.33. The van der Waals surface area contributed by atoms with Gasteiger partial charge in [0.05, 0.1) is 6.04 Å². The van der Waals surface area contributed by atoms with Gasteiger partial charge in [0, 0.05) is 11.1 Å². The molecule has 1 aliphatic heterocycles. The van der Waals surface area contributed by atoms with Gasteiger partial charge in [0.2, 0.25) is 0 Å². The summed E-state index contributed by atoms with van der Waals surface area (Å²) in [7, 11) is 0. The van der Waals surface area contributed by atoms with Crippen LogP contribution >= 0.6 is 0 Å². The number of hydrogen-bond acceptors (Lipinski definition) is 5. The van der Waals surface area contributed by atoms with E-state index in [1.807, 2.05) is 18.2 Å². The third-order valence-corrected chi connectivity index (χ3v) is 4.49. The number of ether oxygens (including phenoxy) is 1. The first-order valence-electron chi connectivity index (χ1n) is 8.33. The number of fused-ring (bicyclic) bond motifs is 1. The Morgan fingerprint density at radius 3 is 2.62 bits per heavy atom. The second-order valence-electron chi connectivity index (χ2n) is 6.12. The highest BCUT2D eigenvalue weighted by atomic mass is 16.5. The van der Waals surface area contributed by atoms with Crippen LogP contribution in [0.4, 0.5) is 0 Å². The molecular formula is C19H21N3O4. The van der Waals surface area contributed by atoms with Crippen molar-refractivity contribution in [2.24, 2.45) is 5.73 Å². The molecule has 6 N–H and O–H groups in total. The summed E-state index contributed by atoms with van der Waals surface area (Å²) in [5.41, 5.74) is 8.31. The molecule has 7 heteroatoms. The van der Waals surface area contributed by atoms with E-state index in [0.717, 1.165) is 11.1 Å². The van der Waals surface area contributed by atoms with Crippen LogP contribution in [0.25, 0.3) is 0 Å². The zero-order chi connectivity index (χ0) is 18.8. The van der Waals surface area contributed by atoms with Crippen LogP contribution in [-0.2, 0) is 4.79 Å². The highest BCUT2D eigenvalue weighted by Gasteiger charge is 2.35. The molecule has 26 heavy (non-hydrogen) atoms. The van der Waals surface area contributed by atoms with E-state index in [9.17, 15) is 15.0 Å². The van der Waals surface area contributed by atoms with Crippen molar-refractivity contribution in [3.8, 4) is 5.75 Å². The Kier molecular flexibility index (Phi) is 4.92. The Labute approximate surface area is 150 Å². The number of carboxylic acid groups (broad SMARTS) is 1. The molecule has 2 aromatic rings. The summed E-state index contributed by atoms with van der Waals surface area (Å²) in [5.74, 6) is -0.779. The summed E-state index contributed by atoms with van der Waals surface area (Å²) in [5, 5.41) is 30.6. The van der Waals surface area contributed by atoms with E-state index < -0.39 is 18.3 Å². The minimum absolute atomic E-state index is 0.0605. The van der Waals surface area contributed by atoms with E-state index in [-0.39, 0.29) is 11.9 Å². The summed E-state index contributed by atoms with van der Waals surface area (Å²) in [6.07, 6.45) is -1.70. The van der Waals surface area contributed by atoms with Gasteiger partial charge >= 0.3 is 5.97 Å². The molecule has 0 spiro atoms. The number of aliphatic carboxylic acids is 1. The molecule has 0 amide bonds. The molecule has 7 nitrogen and oxygen atoms in total. The molecule has 0 aromatic heterocycles. The molecule has 2 aromatic carbocycles. The number of rotatable bonds is 6.